The van der Waals surface area contributed by atoms with Crippen LogP contribution in [0, 0.1) is 17.8 Å². The normalized spacial score (nSPS) is 12.1. The first kappa shape index (κ1) is 65.4. The van der Waals surface area contributed by atoms with Gasteiger partial charge >= 0.3 is 17.9 Å². The van der Waals surface area contributed by atoms with E-state index in [4.69, 9.17) is 14.2 Å². The van der Waals surface area contributed by atoms with E-state index in [-0.39, 0.29) is 31.1 Å². The third-order valence-corrected chi connectivity index (χ3v) is 13.9. The lowest BCUT2D eigenvalue weighted by Crippen LogP contribution is -2.30. The Morgan fingerprint density at radius 2 is 0.433 bits per heavy atom. The fraction of sp³-hybridized carbons (Fsp3) is 0.951. The molecule has 0 aliphatic heterocycles. The molecular weight excluding hydrogens is 829 g/mol. The molecule has 0 saturated carbocycles. The maximum Gasteiger partial charge on any atom is 0.306 e. The van der Waals surface area contributed by atoms with Gasteiger partial charge in [0, 0.05) is 19.3 Å². The highest BCUT2D eigenvalue weighted by atomic mass is 16.6. The van der Waals surface area contributed by atoms with Gasteiger partial charge < -0.3 is 14.2 Å². The third kappa shape index (κ3) is 55.2. The summed E-state index contributed by atoms with van der Waals surface area (Å²) >= 11 is 0. The van der Waals surface area contributed by atoms with E-state index >= 15 is 0 Å². The van der Waals surface area contributed by atoms with E-state index < -0.39 is 6.10 Å². The van der Waals surface area contributed by atoms with Crippen molar-refractivity contribution in [2.45, 2.75) is 343 Å². The topological polar surface area (TPSA) is 78.9 Å². The monoisotopic (exact) mass is 947 g/mol. The highest BCUT2D eigenvalue weighted by Gasteiger charge is 2.19. The highest BCUT2D eigenvalue weighted by molar-refractivity contribution is 5.71. The molecule has 0 bridgehead atoms. The lowest BCUT2D eigenvalue weighted by molar-refractivity contribution is -0.167. The van der Waals surface area contributed by atoms with Gasteiger partial charge in [-0.25, -0.2) is 0 Å². The van der Waals surface area contributed by atoms with Crippen LogP contribution in [0.1, 0.15) is 337 Å². The Labute approximate surface area is 418 Å². The van der Waals surface area contributed by atoms with Gasteiger partial charge in [-0.05, 0) is 37.0 Å². The van der Waals surface area contributed by atoms with Crippen LogP contribution in [0.3, 0.4) is 0 Å². The van der Waals surface area contributed by atoms with Crippen LogP contribution in [0.2, 0.25) is 0 Å². The molecule has 398 valence electrons. The van der Waals surface area contributed by atoms with Gasteiger partial charge in [0.05, 0.1) is 0 Å². The van der Waals surface area contributed by atoms with Gasteiger partial charge in [-0.3, -0.25) is 14.4 Å². The molecule has 0 heterocycles. The van der Waals surface area contributed by atoms with Crippen molar-refractivity contribution in [3.05, 3.63) is 0 Å². The van der Waals surface area contributed by atoms with Gasteiger partial charge in [-0.15, -0.1) is 0 Å². The second kappa shape index (κ2) is 52.2. The van der Waals surface area contributed by atoms with Crippen LogP contribution in [0.5, 0.6) is 0 Å². The van der Waals surface area contributed by atoms with Crippen molar-refractivity contribution >= 4 is 17.9 Å². The minimum absolute atomic E-state index is 0.0631. The minimum atomic E-state index is -0.764. The van der Waals surface area contributed by atoms with Gasteiger partial charge in [-0.2, -0.15) is 0 Å². The number of carbonyl (C=O) groups is 3. The second-order valence-electron chi connectivity index (χ2n) is 22.4. The molecule has 6 nitrogen and oxygen atoms in total. The standard InChI is InChI=1S/C61H118O6/c1-55(2)47-41-35-29-23-17-11-9-7-8-10-12-20-26-32-38-44-50-59(62)65-53-58(67-61(64)52-46-40-34-28-22-16-14-19-25-31-37-43-49-57(5)6)54-66-60(63)51-45-39-33-27-21-15-13-18-24-30-36-42-48-56(3)4/h55-58H,7-54H2,1-6H3/t58-/m0/s1. The molecule has 0 amide bonds. The lowest BCUT2D eigenvalue weighted by atomic mass is 10.0. The van der Waals surface area contributed by atoms with Crippen LogP contribution in [0.15, 0.2) is 0 Å². The summed E-state index contributed by atoms with van der Waals surface area (Å²) in [5.41, 5.74) is 0. The van der Waals surface area contributed by atoms with Crippen molar-refractivity contribution in [1.29, 1.82) is 0 Å². The number of rotatable bonds is 54. The average Bonchev–Trinajstić information content (AvgIpc) is 3.29. The van der Waals surface area contributed by atoms with Crippen LogP contribution in [0.4, 0.5) is 0 Å². The van der Waals surface area contributed by atoms with Gasteiger partial charge in [0.15, 0.2) is 6.10 Å². The van der Waals surface area contributed by atoms with E-state index in [0.717, 1.165) is 75.5 Å². The van der Waals surface area contributed by atoms with E-state index in [0.29, 0.717) is 19.3 Å². The summed E-state index contributed by atoms with van der Waals surface area (Å²) in [5, 5.41) is 0. The minimum Gasteiger partial charge on any atom is -0.462 e. The molecule has 0 aromatic carbocycles. The van der Waals surface area contributed by atoms with Crippen molar-refractivity contribution in [2.75, 3.05) is 13.2 Å². The SMILES string of the molecule is CC(C)CCCCCCCCCCCCCCCCCCC(=O)OC[C@@H](COC(=O)CCCCCCCCCCCCCCC(C)C)OC(=O)CCCCCCCCCCCCCCC(C)C. The van der Waals surface area contributed by atoms with Crippen molar-refractivity contribution in [3.8, 4) is 0 Å². The van der Waals surface area contributed by atoms with Crippen molar-refractivity contribution in [2.24, 2.45) is 17.8 Å². The van der Waals surface area contributed by atoms with E-state index in [1.165, 1.54) is 218 Å². The first-order chi connectivity index (χ1) is 32.6. The first-order valence-corrected chi connectivity index (χ1v) is 30.1. The Hall–Kier alpha value is -1.59. The fourth-order valence-corrected chi connectivity index (χ4v) is 9.35. The van der Waals surface area contributed by atoms with Crippen LogP contribution < -0.4 is 0 Å². The van der Waals surface area contributed by atoms with Crippen LogP contribution >= 0.6 is 0 Å². The Balaban J connectivity index is 4.29. The van der Waals surface area contributed by atoms with Crippen molar-refractivity contribution < 1.29 is 28.6 Å². The molecule has 0 aromatic rings. The Morgan fingerprint density at radius 1 is 0.254 bits per heavy atom. The Morgan fingerprint density at radius 3 is 0.642 bits per heavy atom. The molecule has 0 spiro atoms. The molecule has 0 fully saturated rings. The van der Waals surface area contributed by atoms with Crippen LogP contribution in [0.25, 0.3) is 0 Å². The molecule has 0 radical (unpaired) electrons. The van der Waals surface area contributed by atoms with Gasteiger partial charge in [0.25, 0.3) is 0 Å². The third-order valence-electron chi connectivity index (χ3n) is 13.9. The number of carbonyl (C=O) groups excluding carboxylic acids is 3. The van der Waals surface area contributed by atoms with Gasteiger partial charge in [0.1, 0.15) is 13.2 Å². The number of ether oxygens (including phenoxy) is 3. The molecule has 0 aliphatic rings. The summed E-state index contributed by atoms with van der Waals surface area (Å²) in [6.07, 6.45) is 55.2. The van der Waals surface area contributed by atoms with Crippen LogP contribution in [-0.4, -0.2) is 37.2 Å². The molecule has 67 heavy (non-hydrogen) atoms. The summed E-state index contributed by atoms with van der Waals surface area (Å²) in [6.45, 7) is 13.8. The number of unbranched alkanes of at least 4 members (excludes halogenated alkanes) is 37. The molecule has 0 aliphatic carbocycles. The lowest BCUT2D eigenvalue weighted by Gasteiger charge is -2.18. The summed E-state index contributed by atoms with van der Waals surface area (Å²) in [6, 6.07) is 0. The van der Waals surface area contributed by atoms with Gasteiger partial charge in [-0.1, -0.05) is 298 Å². The zero-order valence-corrected chi connectivity index (χ0v) is 46.2. The molecular formula is C61H118O6. The maximum absolute atomic E-state index is 12.9. The molecule has 0 N–H and O–H groups in total. The Bertz CT molecular complexity index is 1040. The van der Waals surface area contributed by atoms with E-state index in [1.54, 1.807) is 0 Å². The first-order valence-electron chi connectivity index (χ1n) is 30.1. The summed E-state index contributed by atoms with van der Waals surface area (Å²) < 4.78 is 16.9. The number of hydrogen-bond donors (Lipinski definition) is 0. The molecule has 1 atom stereocenters. The number of esters is 3. The highest BCUT2D eigenvalue weighted by Crippen LogP contribution is 2.19. The summed E-state index contributed by atoms with van der Waals surface area (Å²) in [5.74, 6) is 1.68. The number of hydrogen-bond acceptors (Lipinski definition) is 6. The predicted octanol–water partition coefficient (Wildman–Crippen LogP) is 19.9. The van der Waals surface area contributed by atoms with Crippen LogP contribution in [-0.2, 0) is 28.6 Å². The molecule has 0 unspecified atom stereocenters. The average molecular weight is 948 g/mol. The molecule has 0 saturated heterocycles. The molecule has 0 rings (SSSR count). The van der Waals surface area contributed by atoms with E-state index in [2.05, 4.69) is 41.5 Å². The molecule has 0 aromatic heterocycles. The fourth-order valence-electron chi connectivity index (χ4n) is 9.35. The van der Waals surface area contributed by atoms with Gasteiger partial charge in [0.2, 0.25) is 0 Å². The quantitative estimate of drug-likeness (QED) is 0.0343. The van der Waals surface area contributed by atoms with Crippen molar-refractivity contribution in [3.63, 3.8) is 0 Å². The smallest absolute Gasteiger partial charge is 0.306 e. The molecule has 6 heteroatoms. The zero-order valence-electron chi connectivity index (χ0n) is 46.2. The predicted molar refractivity (Wildman–Crippen MR) is 289 cm³/mol. The Kier molecular flexibility index (Phi) is 51.0. The summed E-state index contributed by atoms with van der Waals surface area (Å²) in [4.78, 5) is 38.2. The maximum atomic E-state index is 12.9. The van der Waals surface area contributed by atoms with E-state index in [9.17, 15) is 14.4 Å². The largest absolute Gasteiger partial charge is 0.462 e. The zero-order chi connectivity index (χ0) is 49.1. The van der Waals surface area contributed by atoms with Crippen molar-refractivity contribution in [1.82, 2.24) is 0 Å². The summed E-state index contributed by atoms with van der Waals surface area (Å²) in [7, 11) is 0. The van der Waals surface area contributed by atoms with E-state index in [1.807, 2.05) is 0 Å². The second-order valence-corrected chi connectivity index (χ2v) is 22.4.